The van der Waals surface area contributed by atoms with E-state index >= 15 is 0 Å². The Morgan fingerprint density at radius 3 is 2.16 bits per heavy atom. The van der Waals surface area contributed by atoms with Gasteiger partial charge in [0.15, 0.2) is 0 Å². The van der Waals surface area contributed by atoms with Gasteiger partial charge in [0, 0.05) is 0 Å². The third-order valence-corrected chi connectivity index (χ3v) is 5.11. The normalized spacial score (nSPS) is 15.0. The predicted octanol–water partition coefficient (Wildman–Crippen LogP) is 3.24. The lowest BCUT2D eigenvalue weighted by molar-refractivity contribution is -0.144. The van der Waals surface area contributed by atoms with E-state index in [0.717, 1.165) is 6.42 Å². The van der Waals surface area contributed by atoms with Gasteiger partial charge in [0.05, 0.1) is 18.2 Å². The van der Waals surface area contributed by atoms with Gasteiger partial charge in [-0.1, -0.05) is 40.0 Å². The van der Waals surface area contributed by atoms with Crippen molar-refractivity contribution in [3.63, 3.8) is 0 Å². The molecule has 0 aliphatic carbocycles. The van der Waals surface area contributed by atoms with Crippen LogP contribution in [0.15, 0.2) is 0 Å². The zero-order chi connectivity index (χ0) is 14.9. The molecule has 0 aliphatic rings. The Morgan fingerprint density at radius 1 is 1.11 bits per heavy atom. The number of rotatable bonds is 10. The minimum absolute atomic E-state index is 0.189. The second-order valence-corrected chi connectivity index (χ2v) is 7.06. The fraction of sp³-hybridized carbons (Fsp3) is 0.923. The summed E-state index contributed by atoms with van der Waals surface area (Å²) in [6.07, 6.45) is 3.40. The van der Waals surface area contributed by atoms with Gasteiger partial charge in [-0.05, 0) is 19.3 Å². The Balaban J connectivity index is 4.99. The van der Waals surface area contributed by atoms with E-state index in [9.17, 15) is 19.1 Å². The molecule has 1 unspecified atom stereocenters. The molecule has 6 heteroatoms. The van der Waals surface area contributed by atoms with Gasteiger partial charge in [0.1, 0.15) is 0 Å². The first kappa shape index (κ1) is 18.6. The molecular formula is C13H27O5P. The van der Waals surface area contributed by atoms with E-state index in [0.29, 0.717) is 38.7 Å². The van der Waals surface area contributed by atoms with Crippen molar-refractivity contribution >= 4 is 13.6 Å². The summed E-state index contributed by atoms with van der Waals surface area (Å²) >= 11 is 0. The van der Waals surface area contributed by atoms with Gasteiger partial charge < -0.3 is 14.5 Å². The lowest BCUT2D eigenvalue weighted by Gasteiger charge is -2.33. The van der Waals surface area contributed by atoms with Crippen LogP contribution in [0, 0.1) is 0 Å². The Bertz CT molecular complexity index is 312. The fourth-order valence-electron chi connectivity index (χ4n) is 2.20. The Kier molecular flexibility index (Phi) is 8.55. The molecule has 0 radical (unpaired) electrons. The van der Waals surface area contributed by atoms with Crippen molar-refractivity contribution in [2.24, 2.45) is 0 Å². The summed E-state index contributed by atoms with van der Waals surface area (Å²) < 4.78 is 16.8. The maximum Gasteiger partial charge on any atom is 0.332 e. The number of hydrogen-bond donors (Lipinski definition) is 2. The van der Waals surface area contributed by atoms with E-state index in [1.807, 2.05) is 20.8 Å². The number of esters is 1. The molecule has 0 aliphatic heterocycles. The van der Waals surface area contributed by atoms with Gasteiger partial charge in [-0.15, -0.1) is 0 Å². The number of hydrogen-bond acceptors (Lipinski definition) is 3. The summed E-state index contributed by atoms with van der Waals surface area (Å²) in [4.78, 5) is 31.1. The third kappa shape index (κ3) is 6.07. The molecule has 0 saturated heterocycles. The predicted molar refractivity (Wildman–Crippen MR) is 75.1 cm³/mol. The summed E-state index contributed by atoms with van der Waals surface area (Å²) in [5.74, 6) is -0.505. The molecule has 0 aromatic carbocycles. The molecule has 0 heterocycles. The second-order valence-electron chi connectivity index (χ2n) is 5.02. The van der Waals surface area contributed by atoms with Crippen molar-refractivity contribution in [2.75, 3.05) is 6.61 Å². The first-order valence-electron chi connectivity index (χ1n) is 7.04. The molecule has 114 valence electrons. The second kappa shape index (κ2) is 8.72. The van der Waals surface area contributed by atoms with Crippen LogP contribution in [0.4, 0.5) is 0 Å². The first-order valence-corrected chi connectivity index (χ1v) is 8.65. The maximum atomic E-state index is 11.8. The smallest absolute Gasteiger partial charge is 0.332 e. The molecule has 0 spiro atoms. The van der Waals surface area contributed by atoms with E-state index in [-0.39, 0.29) is 6.42 Å². The first-order chi connectivity index (χ1) is 8.83. The van der Waals surface area contributed by atoms with Gasteiger partial charge in [0.25, 0.3) is 0 Å². The van der Waals surface area contributed by atoms with Crippen molar-refractivity contribution < 1.29 is 23.9 Å². The Morgan fingerprint density at radius 2 is 1.74 bits per heavy atom. The summed E-state index contributed by atoms with van der Waals surface area (Å²) in [7, 11) is -4.34. The molecule has 1 atom stereocenters. The van der Waals surface area contributed by atoms with Crippen LogP contribution in [0.25, 0.3) is 0 Å². The van der Waals surface area contributed by atoms with Gasteiger partial charge >= 0.3 is 13.6 Å². The molecule has 0 amide bonds. The van der Waals surface area contributed by atoms with Crippen LogP contribution in [-0.4, -0.2) is 27.5 Å². The molecule has 19 heavy (non-hydrogen) atoms. The van der Waals surface area contributed by atoms with Crippen molar-refractivity contribution in [3.05, 3.63) is 0 Å². The molecule has 0 fully saturated rings. The van der Waals surface area contributed by atoms with Gasteiger partial charge in [-0.3, -0.25) is 9.36 Å². The molecule has 0 rings (SSSR count). The van der Waals surface area contributed by atoms with E-state index in [1.165, 1.54) is 0 Å². The molecular weight excluding hydrogens is 267 g/mol. The number of carbonyl (C=O) groups is 1. The van der Waals surface area contributed by atoms with Crippen LogP contribution in [0.1, 0.15) is 65.7 Å². The minimum atomic E-state index is -4.34. The van der Waals surface area contributed by atoms with Crippen LogP contribution >= 0.6 is 7.60 Å². The minimum Gasteiger partial charge on any atom is -0.466 e. The van der Waals surface area contributed by atoms with E-state index < -0.39 is 18.7 Å². The molecule has 2 N–H and O–H groups in total. The van der Waals surface area contributed by atoms with Crippen LogP contribution in [0.5, 0.6) is 0 Å². The average Bonchev–Trinajstić information content (AvgIpc) is 2.32. The van der Waals surface area contributed by atoms with Crippen LogP contribution in [0.3, 0.4) is 0 Å². The van der Waals surface area contributed by atoms with E-state index in [4.69, 9.17) is 4.74 Å². The SMILES string of the molecule is CCCCC(CCC)(CC(=O)OCCC)P(=O)(O)O. The van der Waals surface area contributed by atoms with Crippen LogP contribution in [-0.2, 0) is 14.1 Å². The summed E-state index contributed by atoms with van der Waals surface area (Å²) in [5, 5.41) is -1.25. The molecule has 0 saturated carbocycles. The number of ether oxygens (including phenoxy) is 1. The molecule has 0 aromatic heterocycles. The number of unbranched alkanes of at least 4 members (excludes halogenated alkanes) is 1. The quantitative estimate of drug-likeness (QED) is 0.477. The highest BCUT2D eigenvalue weighted by molar-refractivity contribution is 7.53. The molecule has 5 nitrogen and oxygen atoms in total. The van der Waals surface area contributed by atoms with Gasteiger partial charge in [-0.25, -0.2) is 0 Å². The lowest BCUT2D eigenvalue weighted by Crippen LogP contribution is -2.33. The summed E-state index contributed by atoms with van der Waals surface area (Å²) in [5.41, 5.74) is 0. The van der Waals surface area contributed by atoms with Gasteiger partial charge in [-0.2, -0.15) is 0 Å². The van der Waals surface area contributed by atoms with Crippen LogP contribution in [0.2, 0.25) is 0 Å². The van der Waals surface area contributed by atoms with Gasteiger partial charge in [0.2, 0.25) is 0 Å². The topological polar surface area (TPSA) is 83.8 Å². The fourth-order valence-corrected chi connectivity index (χ4v) is 3.50. The van der Waals surface area contributed by atoms with Crippen molar-refractivity contribution in [3.8, 4) is 0 Å². The van der Waals surface area contributed by atoms with E-state index in [2.05, 4.69) is 0 Å². The number of carbonyl (C=O) groups excluding carboxylic acids is 1. The van der Waals surface area contributed by atoms with Crippen molar-refractivity contribution in [1.82, 2.24) is 0 Å². The Hall–Kier alpha value is -0.380. The summed E-state index contributed by atoms with van der Waals surface area (Å²) in [6, 6.07) is 0. The average molecular weight is 294 g/mol. The summed E-state index contributed by atoms with van der Waals surface area (Å²) in [6.45, 7) is 6.02. The lowest BCUT2D eigenvalue weighted by atomic mass is 9.92. The van der Waals surface area contributed by atoms with Crippen LogP contribution < -0.4 is 0 Å². The maximum absolute atomic E-state index is 11.8. The third-order valence-electron chi connectivity index (χ3n) is 3.27. The monoisotopic (exact) mass is 294 g/mol. The zero-order valence-corrected chi connectivity index (χ0v) is 13.1. The zero-order valence-electron chi connectivity index (χ0n) is 12.2. The highest BCUT2D eigenvalue weighted by Gasteiger charge is 2.47. The Labute approximate surface area is 115 Å². The highest BCUT2D eigenvalue weighted by Crippen LogP contribution is 2.57. The highest BCUT2D eigenvalue weighted by atomic mass is 31.2. The molecule has 0 bridgehead atoms. The van der Waals surface area contributed by atoms with E-state index in [1.54, 1.807) is 0 Å². The van der Waals surface area contributed by atoms with Crippen molar-refractivity contribution in [1.29, 1.82) is 0 Å². The van der Waals surface area contributed by atoms with Crippen molar-refractivity contribution in [2.45, 2.75) is 70.9 Å². The largest absolute Gasteiger partial charge is 0.466 e. The molecule has 0 aromatic rings. The standard InChI is InChI=1S/C13H27O5P/c1-4-7-9-13(8-5-2,19(15,16)17)11-12(14)18-10-6-3/h4-11H2,1-3H3,(H2,15,16,17).